The lowest BCUT2D eigenvalue weighted by Crippen LogP contribution is -2.59. The second-order valence-corrected chi connectivity index (χ2v) is 7.31. The van der Waals surface area contributed by atoms with Crippen LogP contribution in [0.4, 0.5) is 0 Å². The summed E-state index contributed by atoms with van der Waals surface area (Å²) in [6.07, 6.45) is 5.31. The van der Waals surface area contributed by atoms with Crippen LogP contribution in [0.15, 0.2) is 0 Å². The highest BCUT2D eigenvalue weighted by Crippen LogP contribution is 2.51. The van der Waals surface area contributed by atoms with Crippen LogP contribution < -0.4 is 5.73 Å². The Kier molecular flexibility index (Phi) is 2.87. The van der Waals surface area contributed by atoms with E-state index in [0.717, 1.165) is 6.54 Å². The Morgan fingerprint density at radius 1 is 1.06 bits per heavy atom. The van der Waals surface area contributed by atoms with Crippen molar-refractivity contribution in [3.63, 3.8) is 0 Å². The van der Waals surface area contributed by atoms with Crippen molar-refractivity contribution >= 4 is 0 Å². The molecule has 0 aromatic rings. The number of likely N-dealkylation sites (tertiary alicyclic amines) is 1. The Morgan fingerprint density at radius 2 is 1.75 bits per heavy atom. The smallest absolute Gasteiger partial charge is 0.0382 e. The first-order valence-corrected chi connectivity index (χ1v) is 6.78. The van der Waals surface area contributed by atoms with Gasteiger partial charge in [0.15, 0.2) is 0 Å². The van der Waals surface area contributed by atoms with E-state index in [2.05, 4.69) is 32.6 Å². The Morgan fingerprint density at radius 3 is 2.12 bits per heavy atom. The van der Waals surface area contributed by atoms with Gasteiger partial charge >= 0.3 is 0 Å². The first-order valence-electron chi connectivity index (χ1n) is 6.78. The predicted molar refractivity (Wildman–Crippen MR) is 69.4 cm³/mol. The normalized spacial score (nSPS) is 38.1. The van der Waals surface area contributed by atoms with Gasteiger partial charge in [-0.25, -0.2) is 0 Å². The maximum atomic E-state index is 6.17. The molecule has 0 bridgehead atoms. The van der Waals surface area contributed by atoms with E-state index < -0.39 is 0 Å². The zero-order valence-electron chi connectivity index (χ0n) is 11.5. The number of hydrogen-bond acceptors (Lipinski definition) is 2. The number of nitrogens with two attached hydrogens (primary N) is 1. The highest BCUT2D eigenvalue weighted by Gasteiger charge is 2.53. The van der Waals surface area contributed by atoms with E-state index in [0.29, 0.717) is 10.8 Å². The minimum atomic E-state index is 0.279. The van der Waals surface area contributed by atoms with Crippen LogP contribution in [0.1, 0.15) is 53.4 Å². The van der Waals surface area contributed by atoms with E-state index in [1.807, 2.05) is 0 Å². The molecule has 1 atom stereocenters. The third-order valence-electron chi connectivity index (χ3n) is 5.27. The molecule has 2 rings (SSSR count). The van der Waals surface area contributed by atoms with Crippen LogP contribution in [0.5, 0.6) is 0 Å². The maximum Gasteiger partial charge on any atom is 0.0382 e. The van der Waals surface area contributed by atoms with Crippen molar-refractivity contribution in [3.8, 4) is 0 Å². The van der Waals surface area contributed by atoms with E-state index >= 15 is 0 Å². The molecule has 0 spiro atoms. The van der Waals surface area contributed by atoms with Gasteiger partial charge in [0.05, 0.1) is 0 Å². The molecule has 1 heterocycles. The van der Waals surface area contributed by atoms with E-state index in [4.69, 9.17) is 5.73 Å². The summed E-state index contributed by atoms with van der Waals surface area (Å²) in [6, 6.07) is 0. The fourth-order valence-electron chi connectivity index (χ4n) is 3.97. The van der Waals surface area contributed by atoms with Gasteiger partial charge in [-0.05, 0) is 36.6 Å². The summed E-state index contributed by atoms with van der Waals surface area (Å²) < 4.78 is 0. The Bertz CT molecular complexity index is 270. The lowest BCUT2D eigenvalue weighted by atomic mass is 9.73. The van der Waals surface area contributed by atoms with Crippen molar-refractivity contribution < 1.29 is 0 Å². The third kappa shape index (κ3) is 1.70. The van der Waals surface area contributed by atoms with Crippen LogP contribution in [0.3, 0.4) is 0 Å². The standard InChI is InChI=1S/C14H28N2/c1-12(2)8-9-16(11-12)14(10-15)7-5-6-13(14,3)4/h5-11,15H2,1-4H3. The fraction of sp³-hybridized carbons (Fsp3) is 1.00. The highest BCUT2D eigenvalue weighted by atomic mass is 15.3. The van der Waals surface area contributed by atoms with E-state index in [1.165, 1.54) is 38.8 Å². The van der Waals surface area contributed by atoms with Crippen molar-refractivity contribution in [3.05, 3.63) is 0 Å². The molecule has 0 radical (unpaired) electrons. The van der Waals surface area contributed by atoms with Gasteiger partial charge in [0.1, 0.15) is 0 Å². The zero-order valence-corrected chi connectivity index (χ0v) is 11.5. The molecule has 2 N–H and O–H groups in total. The van der Waals surface area contributed by atoms with Crippen LogP contribution in [0.2, 0.25) is 0 Å². The average Bonchev–Trinajstić information content (AvgIpc) is 2.66. The molecule has 0 aromatic heterocycles. The van der Waals surface area contributed by atoms with Gasteiger partial charge in [-0.3, -0.25) is 4.90 Å². The summed E-state index contributed by atoms with van der Waals surface area (Å²) in [5.74, 6) is 0. The van der Waals surface area contributed by atoms with Crippen LogP contribution in [0, 0.1) is 10.8 Å². The van der Waals surface area contributed by atoms with Gasteiger partial charge in [-0.2, -0.15) is 0 Å². The average molecular weight is 224 g/mol. The fourth-order valence-corrected chi connectivity index (χ4v) is 3.97. The Hall–Kier alpha value is -0.0800. The SMILES string of the molecule is CC1(C)CCN(C2(CN)CCCC2(C)C)C1. The third-order valence-corrected chi connectivity index (χ3v) is 5.27. The van der Waals surface area contributed by atoms with Crippen molar-refractivity contribution in [2.24, 2.45) is 16.6 Å². The Labute approximate surface area is 101 Å². The van der Waals surface area contributed by atoms with Crippen molar-refractivity contribution in [1.82, 2.24) is 4.90 Å². The predicted octanol–water partition coefficient (Wildman–Crippen LogP) is 2.63. The molecule has 1 saturated carbocycles. The molecule has 2 nitrogen and oxygen atoms in total. The maximum absolute atomic E-state index is 6.17. The molecule has 1 unspecified atom stereocenters. The zero-order chi connectivity index (χ0) is 12.0. The van der Waals surface area contributed by atoms with E-state index in [-0.39, 0.29) is 5.54 Å². The van der Waals surface area contributed by atoms with Crippen LogP contribution in [-0.2, 0) is 0 Å². The molecule has 1 aliphatic heterocycles. The van der Waals surface area contributed by atoms with Crippen LogP contribution >= 0.6 is 0 Å². The van der Waals surface area contributed by atoms with Gasteiger partial charge < -0.3 is 5.73 Å². The molecule has 16 heavy (non-hydrogen) atoms. The summed E-state index contributed by atoms with van der Waals surface area (Å²) in [4.78, 5) is 2.71. The minimum absolute atomic E-state index is 0.279. The lowest BCUT2D eigenvalue weighted by Gasteiger charge is -2.48. The van der Waals surface area contributed by atoms with Crippen molar-refractivity contribution in [2.75, 3.05) is 19.6 Å². The topological polar surface area (TPSA) is 29.3 Å². The summed E-state index contributed by atoms with van der Waals surface area (Å²) in [7, 11) is 0. The van der Waals surface area contributed by atoms with Crippen molar-refractivity contribution in [1.29, 1.82) is 0 Å². The minimum Gasteiger partial charge on any atom is -0.329 e. The molecule has 2 aliphatic rings. The molecule has 1 saturated heterocycles. The molecule has 94 valence electrons. The van der Waals surface area contributed by atoms with Gasteiger partial charge in [0, 0.05) is 18.6 Å². The quantitative estimate of drug-likeness (QED) is 0.781. The van der Waals surface area contributed by atoms with Crippen LogP contribution in [-0.4, -0.2) is 30.1 Å². The van der Waals surface area contributed by atoms with Gasteiger partial charge in [-0.1, -0.05) is 34.1 Å². The number of rotatable bonds is 2. The second-order valence-electron chi connectivity index (χ2n) is 7.31. The largest absolute Gasteiger partial charge is 0.329 e. The molecule has 0 amide bonds. The highest BCUT2D eigenvalue weighted by molar-refractivity contribution is 5.09. The van der Waals surface area contributed by atoms with Gasteiger partial charge in [0.2, 0.25) is 0 Å². The van der Waals surface area contributed by atoms with Crippen LogP contribution in [0.25, 0.3) is 0 Å². The second kappa shape index (κ2) is 3.71. The van der Waals surface area contributed by atoms with E-state index in [9.17, 15) is 0 Å². The summed E-state index contributed by atoms with van der Waals surface area (Å²) in [6.45, 7) is 12.9. The number of hydrogen-bond donors (Lipinski definition) is 1. The summed E-state index contributed by atoms with van der Waals surface area (Å²) >= 11 is 0. The first kappa shape index (κ1) is 12.4. The molecule has 1 aliphatic carbocycles. The van der Waals surface area contributed by atoms with Gasteiger partial charge in [-0.15, -0.1) is 0 Å². The molecule has 0 aromatic carbocycles. The molecular formula is C14H28N2. The lowest BCUT2D eigenvalue weighted by molar-refractivity contribution is 0.0247. The van der Waals surface area contributed by atoms with E-state index in [1.54, 1.807) is 0 Å². The molecule has 2 fully saturated rings. The molecular weight excluding hydrogens is 196 g/mol. The summed E-state index contributed by atoms with van der Waals surface area (Å²) in [5, 5.41) is 0. The Balaban J connectivity index is 2.23. The summed E-state index contributed by atoms with van der Waals surface area (Å²) in [5.41, 5.74) is 7.33. The molecule has 2 heteroatoms. The first-order chi connectivity index (χ1) is 7.33. The number of nitrogens with zero attached hydrogens (tertiary/aromatic N) is 1. The van der Waals surface area contributed by atoms with Crippen molar-refractivity contribution in [2.45, 2.75) is 58.9 Å². The monoisotopic (exact) mass is 224 g/mol. The van der Waals surface area contributed by atoms with Gasteiger partial charge in [0.25, 0.3) is 0 Å².